The first-order chi connectivity index (χ1) is 21.6. The van der Waals surface area contributed by atoms with Gasteiger partial charge in [0.05, 0.1) is 19.3 Å². The minimum Gasteiger partial charge on any atom is -0.465 e. The molecule has 4 aliphatic rings. The lowest BCUT2D eigenvalue weighted by Gasteiger charge is -2.37. The Hall–Kier alpha value is -3.73. The van der Waals surface area contributed by atoms with Crippen molar-refractivity contribution in [1.29, 1.82) is 0 Å². The topological polar surface area (TPSA) is 70.9 Å². The van der Waals surface area contributed by atoms with Crippen LogP contribution in [-0.2, 0) is 15.7 Å². The van der Waals surface area contributed by atoms with E-state index >= 15 is 0 Å². The molecule has 2 aromatic carbocycles. The summed E-state index contributed by atoms with van der Waals surface area (Å²) < 4.78 is 47.9. The van der Waals surface area contributed by atoms with Crippen LogP contribution in [0.3, 0.4) is 0 Å². The van der Waals surface area contributed by atoms with E-state index in [0.717, 1.165) is 73.1 Å². The summed E-state index contributed by atoms with van der Waals surface area (Å²) in [4.78, 5) is 31.4. The van der Waals surface area contributed by atoms with E-state index < -0.39 is 29.4 Å². The van der Waals surface area contributed by atoms with Crippen LogP contribution in [0.4, 0.5) is 24.5 Å². The molecule has 2 aliphatic heterocycles. The Balaban J connectivity index is 1.08. The number of piperazine rings is 1. The van der Waals surface area contributed by atoms with E-state index in [9.17, 15) is 22.8 Å². The lowest BCUT2D eigenvalue weighted by atomic mass is 9.99. The van der Waals surface area contributed by atoms with Crippen molar-refractivity contribution in [2.75, 3.05) is 56.2 Å². The summed E-state index contributed by atoms with van der Waals surface area (Å²) in [5.41, 5.74) is 2.50. The molecule has 4 fully saturated rings. The zero-order valence-corrected chi connectivity index (χ0v) is 25.8. The van der Waals surface area contributed by atoms with E-state index in [1.165, 1.54) is 12.8 Å². The molecule has 0 bridgehead atoms. The lowest BCUT2D eigenvalue weighted by Crippen LogP contribution is -2.49. The Morgan fingerprint density at radius 1 is 1.00 bits per heavy atom. The molecule has 238 valence electrons. The number of rotatable bonds is 6. The van der Waals surface area contributed by atoms with Gasteiger partial charge in [0.25, 0.3) is 0 Å². The maximum atomic E-state index is 14.1. The summed E-state index contributed by atoms with van der Waals surface area (Å²) in [6.07, 6.45) is 0.781. The number of methoxy groups -OCH3 is 1. The summed E-state index contributed by atoms with van der Waals surface area (Å²) in [6.45, 7) is 3.95. The van der Waals surface area contributed by atoms with Crippen LogP contribution in [0.1, 0.15) is 54.2 Å². The molecular weight excluding hydrogens is 607 g/mol. The highest BCUT2D eigenvalue weighted by molar-refractivity contribution is 6.31. The van der Waals surface area contributed by atoms with Crippen LogP contribution < -0.4 is 9.80 Å². The monoisotopic (exact) mass is 641 g/mol. The molecule has 3 aromatic rings. The lowest BCUT2D eigenvalue weighted by molar-refractivity contribution is -0.145. The average Bonchev–Trinajstić information content (AvgIpc) is 3.94. The van der Waals surface area contributed by atoms with Gasteiger partial charge in [-0.3, -0.25) is 9.48 Å². The minimum atomic E-state index is -4.77. The van der Waals surface area contributed by atoms with Gasteiger partial charge in [0.1, 0.15) is 5.56 Å². The van der Waals surface area contributed by atoms with Crippen molar-refractivity contribution in [1.82, 2.24) is 14.7 Å². The van der Waals surface area contributed by atoms with Gasteiger partial charge in [0, 0.05) is 67.1 Å². The SMILES string of the molecule is COC(=O)c1cnn(C2CCCN(c3cc(Cl)ccc3-c3ccc(N4CCN(C(=O)C5CC56CC6)CC4)cc3)C2)c1C(F)(F)F. The molecule has 3 heterocycles. The number of ether oxygens (including phenoxy) is 1. The minimum absolute atomic E-state index is 0.260. The van der Waals surface area contributed by atoms with E-state index in [1.807, 2.05) is 28.0 Å². The normalized spacial score (nSPS) is 22.5. The van der Waals surface area contributed by atoms with Gasteiger partial charge in [0.15, 0.2) is 5.69 Å². The number of hydrogen-bond donors (Lipinski definition) is 0. The quantitative estimate of drug-likeness (QED) is 0.294. The maximum Gasteiger partial charge on any atom is 0.433 e. The van der Waals surface area contributed by atoms with Crippen molar-refractivity contribution in [3.05, 3.63) is 64.9 Å². The molecule has 1 aromatic heterocycles. The van der Waals surface area contributed by atoms with Gasteiger partial charge in [-0.1, -0.05) is 29.8 Å². The summed E-state index contributed by atoms with van der Waals surface area (Å²) in [5.74, 6) is -0.471. The number of carbonyl (C=O) groups is 2. The molecule has 0 N–H and O–H groups in total. The van der Waals surface area contributed by atoms with Crippen LogP contribution in [-0.4, -0.2) is 72.9 Å². The van der Waals surface area contributed by atoms with E-state index in [2.05, 4.69) is 39.0 Å². The number of alkyl halides is 3. The van der Waals surface area contributed by atoms with Gasteiger partial charge in [-0.15, -0.1) is 0 Å². The number of halogens is 4. The van der Waals surface area contributed by atoms with Crippen molar-refractivity contribution in [3.8, 4) is 11.1 Å². The molecule has 45 heavy (non-hydrogen) atoms. The van der Waals surface area contributed by atoms with E-state index in [-0.39, 0.29) is 12.5 Å². The van der Waals surface area contributed by atoms with Gasteiger partial charge in [-0.2, -0.15) is 18.3 Å². The third-order valence-electron chi connectivity index (χ3n) is 10.0. The second-order valence-electron chi connectivity index (χ2n) is 12.7. The molecule has 1 amide bonds. The number of carbonyl (C=O) groups excluding carboxylic acids is 2. The first-order valence-corrected chi connectivity index (χ1v) is 15.9. The Kier molecular flexibility index (Phi) is 7.49. The first-order valence-electron chi connectivity index (χ1n) is 15.5. The van der Waals surface area contributed by atoms with Crippen molar-refractivity contribution in [3.63, 3.8) is 0 Å². The van der Waals surface area contributed by atoms with Gasteiger partial charge in [-0.25, -0.2) is 4.79 Å². The standard InChI is InChI=1S/C33H35ClF3N5O3/c1-45-31(44)26-19-38-42(29(26)33(35,36)37)24-3-2-12-41(20-24)28-17-22(34)6-9-25(28)21-4-7-23(8-5-21)39-13-15-40(16-14-39)30(43)27-18-32(27)10-11-32/h4-9,17,19,24,27H,2-3,10-16,18,20H2,1H3. The third-order valence-corrected chi connectivity index (χ3v) is 10.3. The summed E-state index contributed by atoms with van der Waals surface area (Å²) in [6, 6.07) is 13.3. The highest BCUT2D eigenvalue weighted by atomic mass is 35.5. The Bertz CT molecular complexity index is 1610. The number of nitrogens with zero attached hydrogens (tertiary/aromatic N) is 5. The number of piperidine rings is 1. The van der Waals surface area contributed by atoms with Crippen molar-refractivity contribution < 1.29 is 27.5 Å². The highest BCUT2D eigenvalue weighted by Gasteiger charge is 2.66. The number of aromatic nitrogens is 2. The van der Waals surface area contributed by atoms with E-state index in [1.54, 1.807) is 0 Å². The zero-order valence-electron chi connectivity index (χ0n) is 25.0. The van der Waals surface area contributed by atoms with Crippen LogP contribution in [0.2, 0.25) is 5.02 Å². The summed E-state index contributed by atoms with van der Waals surface area (Å²) >= 11 is 6.44. The van der Waals surface area contributed by atoms with Crippen LogP contribution >= 0.6 is 11.6 Å². The maximum absolute atomic E-state index is 14.1. The Morgan fingerprint density at radius 2 is 1.73 bits per heavy atom. The van der Waals surface area contributed by atoms with Crippen LogP contribution in [0.5, 0.6) is 0 Å². The number of hydrogen-bond acceptors (Lipinski definition) is 6. The van der Waals surface area contributed by atoms with Crippen LogP contribution in [0.15, 0.2) is 48.7 Å². The van der Waals surface area contributed by atoms with E-state index in [0.29, 0.717) is 35.7 Å². The predicted octanol–water partition coefficient (Wildman–Crippen LogP) is 6.30. The summed E-state index contributed by atoms with van der Waals surface area (Å²) in [5, 5.41) is 4.54. The molecule has 2 saturated heterocycles. The molecule has 12 heteroatoms. The number of anilines is 2. The van der Waals surface area contributed by atoms with Crippen molar-refractivity contribution in [2.45, 2.75) is 44.3 Å². The second-order valence-corrected chi connectivity index (χ2v) is 13.2. The molecule has 2 saturated carbocycles. The summed E-state index contributed by atoms with van der Waals surface area (Å²) in [7, 11) is 1.05. The third kappa shape index (κ3) is 5.64. The fourth-order valence-electron chi connectivity index (χ4n) is 7.23. The second kappa shape index (κ2) is 11.3. The van der Waals surface area contributed by atoms with Crippen molar-refractivity contribution >= 4 is 34.9 Å². The van der Waals surface area contributed by atoms with E-state index in [4.69, 9.17) is 11.6 Å². The first kappa shape index (κ1) is 30.0. The number of esters is 1. The Morgan fingerprint density at radius 3 is 2.38 bits per heavy atom. The number of benzene rings is 2. The zero-order chi connectivity index (χ0) is 31.5. The average molecular weight is 642 g/mol. The predicted molar refractivity (Wildman–Crippen MR) is 165 cm³/mol. The highest BCUT2D eigenvalue weighted by Crippen LogP contribution is 2.71. The fourth-order valence-corrected chi connectivity index (χ4v) is 7.40. The van der Waals surface area contributed by atoms with Crippen molar-refractivity contribution in [2.24, 2.45) is 11.3 Å². The molecule has 8 nitrogen and oxygen atoms in total. The van der Waals surface area contributed by atoms with Gasteiger partial charge >= 0.3 is 12.1 Å². The van der Waals surface area contributed by atoms with Crippen LogP contribution in [0.25, 0.3) is 11.1 Å². The molecule has 7 rings (SSSR count). The molecule has 1 spiro atoms. The molecule has 0 radical (unpaired) electrons. The smallest absolute Gasteiger partial charge is 0.433 e. The number of amides is 1. The largest absolute Gasteiger partial charge is 0.465 e. The van der Waals surface area contributed by atoms with Gasteiger partial charge < -0.3 is 19.4 Å². The molecule has 2 atom stereocenters. The molecular formula is C33H35ClF3N5O3. The van der Waals surface area contributed by atoms with Gasteiger partial charge in [0.2, 0.25) is 5.91 Å². The van der Waals surface area contributed by atoms with Crippen LogP contribution in [0, 0.1) is 11.3 Å². The Labute approximate surface area is 264 Å². The van der Waals surface area contributed by atoms with Gasteiger partial charge in [-0.05, 0) is 67.3 Å². The molecule has 2 aliphatic carbocycles. The molecule has 2 unspecified atom stereocenters. The fraction of sp³-hybridized carbons (Fsp3) is 0.485.